The molecule has 1 aromatic heterocycles. The molecule has 0 radical (unpaired) electrons. The number of nitrogens with zero attached hydrogens (tertiary/aromatic N) is 4. The molecule has 3 heterocycles. The Bertz CT molecular complexity index is 808. The minimum absolute atomic E-state index is 0.0601. The van der Waals surface area contributed by atoms with Gasteiger partial charge in [0.2, 0.25) is 17.7 Å². The predicted octanol–water partition coefficient (Wildman–Crippen LogP) is 3.35. The van der Waals surface area contributed by atoms with Crippen molar-refractivity contribution in [1.29, 1.82) is 0 Å². The molecule has 0 unspecified atom stereocenters. The van der Waals surface area contributed by atoms with Gasteiger partial charge in [-0.15, -0.1) is 0 Å². The molecule has 2 aliphatic heterocycles. The minimum atomic E-state index is -0.450. The van der Waals surface area contributed by atoms with Gasteiger partial charge in [0.25, 0.3) is 0 Å². The Hall–Kier alpha value is -2.49. The number of nitrogens with one attached hydrogen (secondary N) is 2. The number of piperidine rings is 1. The van der Waals surface area contributed by atoms with Crippen LogP contribution in [0.1, 0.15) is 64.7 Å². The Morgan fingerprint density at radius 2 is 1.88 bits per heavy atom. The van der Waals surface area contributed by atoms with E-state index in [-0.39, 0.29) is 41.5 Å². The number of amides is 1. The number of carbonyl (C=O) groups excluding carboxylic acids is 1. The fourth-order valence-electron chi connectivity index (χ4n) is 5.05. The minimum Gasteiger partial charge on any atom is -0.378 e. The van der Waals surface area contributed by atoms with Gasteiger partial charge in [0.15, 0.2) is 0 Å². The van der Waals surface area contributed by atoms with Gasteiger partial charge < -0.3 is 20.3 Å². The second-order valence-electron chi connectivity index (χ2n) is 9.31. The third-order valence-electron chi connectivity index (χ3n) is 6.87. The molecule has 1 aromatic rings. The van der Waals surface area contributed by atoms with Crippen molar-refractivity contribution in [2.45, 2.75) is 82.9 Å². The van der Waals surface area contributed by atoms with Crippen molar-refractivity contribution in [3.63, 3.8) is 0 Å². The van der Waals surface area contributed by atoms with Crippen LogP contribution < -0.4 is 10.6 Å². The van der Waals surface area contributed by atoms with Crippen LogP contribution in [0.2, 0.25) is 0 Å². The lowest BCUT2D eigenvalue weighted by Gasteiger charge is -2.34. The molecule has 0 aromatic carbocycles. The predicted molar refractivity (Wildman–Crippen MR) is 121 cm³/mol. The molecule has 10 nitrogen and oxygen atoms in total. The summed E-state index contributed by atoms with van der Waals surface area (Å²) >= 11 is 0. The summed E-state index contributed by atoms with van der Waals surface area (Å²) < 4.78 is 5.58. The molecule has 2 atom stereocenters. The summed E-state index contributed by atoms with van der Waals surface area (Å²) in [5, 5.41) is 18.1. The Morgan fingerprint density at radius 1 is 1.12 bits per heavy atom. The molecule has 0 spiro atoms. The number of carbonyl (C=O) groups is 1. The number of anilines is 2. The first-order valence-corrected chi connectivity index (χ1v) is 11.9. The lowest BCUT2D eigenvalue weighted by Crippen LogP contribution is -2.41. The first kappa shape index (κ1) is 22.7. The van der Waals surface area contributed by atoms with Crippen molar-refractivity contribution in [1.82, 2.24) is 14.9 Å². The highest BCUT2D eigenvalue weighted by atomic mass is 16.6. The van der Waals surface area contributed by atoms with Crippen molar-refractivity contribution < 1.29 is 14.5 Å². The maximum absolute atomic E-state index is 12.8. The third kappa shape index (κ3) is 5.65. The van der Waals surface area contributed by atoms with E-state index in [2.05, 4.69) is 20.6 Å². The highest BCUT2D eigenvalue weighted by Crippen LogP contribution is 2.31. The molecule has 1 saturated carbocycles. The van der Waals surface area contributed by atoms with Gasteiger partial charge in [-0.3, -0.25) is 14.9 Å². The van der Waals surface area contributed by atoms with E-state index in [1.807, 2.05) is 11.8 Å². The van der Waals surface area contributed by atoms with Crippen LogP contribution in [0.5, 0.6) is 0 Å². The summed E-state index contributed by atoms with van der Waals surface area (Å²) in [6.07, 6.45) is 9.74. The van der Waals surface area contributed by atoms with E-state index in [0.717, 1.165) is 64.5 Å². The molecule has 10 heteroatoms. The monoisotopic (exact) mass is 446 g/mol. The zero-order chi connectivity index (χ0) is 22.5. The summed E-state index contributed by atoms with van der Waals surface area (Å²) in [5.41, 5.74) is -0.123. The van der Waals surface area contributed by atoms with Gasteiger partial charge >= 0.3 is 5.69 Å². The Balaban J connectivity index is 1.36. The number of hydrogen-bond donors (Lipinski definition) is 2. The van der Waals surface area contributed by atoms with E-state index in [0.29, 0.717) is 12.6 Å². The summed E-state index contributed by atoms with van der Waals surface area (Å²) in [6.45, 7) is 4.47. The van der Waals surface area contributed by atoms with E-state index in [1.165, 1.54) is 12.6 Å². The molecule has 32 heavy (non-hydrogen) atoms. The number of aromatic nitrogens is 2. The molecule has 1 amide bonds. The highest BCUT2D eigenvalue weighted by molar-refractivity contribution is 5.79. The fourth-order valence-corrected chi connectivity index (χ4v) is 5.05. The quantitative estimate of drug-likeness (QED) is 0.504. The van der Waals surface area contributed by atoms with Gasteiger partial charge in [-0.05, 0) is 64.7 Å². The van der Waals surface area contributed by atoms with Crippen LogP contribution in [-0.2, 0) is 9.53 Å². The average Bonchev–Trinajstić information content (AvgIpc) is 2.80. The van der Waals surface area contributed by atoms with Gasteiger partial charge in [0.1, 0.15) is 6.20 Å². The Morgan fingerprint density at radius 3 is 2.56 bits per heavy atom. The van der Waals surface area contributed by atoms with Crippen molar-refractivity contribution in [2.75, 3.05) is 30.3 Å². The molecular weight excluding hydrogens is 412 g/mol. The van der Waals surface area contributed by atoms with E-state index in [4.69, 9.17) is 4.74 Å². The second kappa shape index (κ2) is 10.4. The molecule has 0 bridgehead atoms. The van der Waals surface area contributed by atoms with Crippen LogP contribution in [0.4, 0.5) is 17.5 Å². The molecule has 1 aliphatic carbocycles. The van der Waals surface area contributed by atoms with Crippen LogP contribution in [0.25, 0.3) is 0 Å². The maximum atomic E-state index is 12.8. The molecule has 176 valence electrons. The zero-order valence-corrected chi connectivity index (χ0v) is 18.8. The normalized spacial score (nSPS) is 28.7. The molecule has 3 aliphatic rings. The van der Waals surface area contributed by atoms with Gasteiger partial charge in [-0.2, -0.15) is 4.98 Å². The van der Waals surface area contributed by atoms with E-state index in [1.54, 1.807) is 0 Å². The van der Waals surface area contributed by atoms with Crippen molar-refractivity contribution in [3.05, 3.63) is 16.3 Å². The van der Waals surface area contributed by atoms with E-state index >= 15 is 0 Å². The maximum Gasteiger partial charge on any atom is 0.329 e. The van der Waals surface area contributed by atoms with Gasteiger partial charge in [0, 0.05) is 37.7 Å². The van der Waals surface area contributed by atoms with E-state index < -0.39 is 4.92 Å². The Labute approximate surface area is 188 Å². The summed E-state index contributed by atoms with van der Waals surface area (Å²) in [4.78, 5) is 34.5. The summed E-state index contributed by atoms with van der Waals surface area (Å²) in [5.74, 6) is 0.997. The molecular formula is C22H34N6O4. The van der Waals surface area contributed by atoms with Crippen molar-refractivity contribution in [2.24, 2.45) is 5.92 Å². The largest absolute Gasteiger partial charge is 0.378 e. The van der Waals surface area contributed by atoms with Crippen LogP contribution in [-0.4, -0.2) is 63.6 Å². The summed E-state index contributed by atoms with van der Waals surface area (Å²) in [7, 11) is 0. The van der Waals surface area contributed by atoms with Crippen molar-refractivity contribution in [3.8, 4) is 0 Å². The second-order valence-corrected chi connectivity index (χ2v) is 9.31. The number of rotatable bonds is 6. The first-order chi connectivity index (χ1) is 15.5. The van der Waals surface area contributed by atoms with Crippen LogP contribution in [0.3, 0.4) is 0 Å². The number of hydrogen-bond acceptors (Lipinski definition) is 8. The number of likely N-dealkylation sites (tertiary alicyclic amines) is 1. The van der Waals surface area contributed by atoms with Crippen LogP contribution in [0, 0.1) is 16.0 Å². The number of nitro groups is 1. The third-order valence-corrected chi connectivity index (χ3v) is 6.87. The SMILES string of the molecule is C[C@H]1C[C@@H](Nc2ncc([N+](=O)[O-])c(NC3CCC(C(=O)N4CCCCC4)CC3)n2)CCO1. The Kier molecular flexibility index (Phi) is 7.39. The summed E-state index contributed by atoms with van der Waals surface area (Å²) in [6, 6.07) is 0.245. The van der Waals surface area contributed by atoms with Crippen LogP contribution >= 0.6 is 0 Å². The molecule has 4 rings (SSSR count). The van der Waals surface area contributed by atoms with Crippen molar-refractivity contribution >= 4 is 23.4 Å². The van der Waals surface area contributed by atoms with Gasteiger partial charge in [0.05, 0.1) is 11.0 Å². The topological polar surface area (TPSA) is 123 Å². The molecule has 2 saturated heterocycles. The number of ether oxygens (including phenoxy) is 1. The molecule has 2 N–H and O–H groups in total. The average molecular weight is 447 g/mol. The van der Waals surface area contributed by atoms with E-state index in [9.17, 15) is 14.9 Å². The fraction of sp³-hybridized carbons (Fsp3) is 0.773. The lowest BCUT2D eigenvalue weighted by atomic mass is 9.85. The standard InChI is InChI=1S/C22H34N6O4/c1-15-13-18(9-12-32-15)25-22-23-14-19(28(30)31)20(26-22)24-17-7-5-16(6-8-17)21(29)27-10-3-2-4-11-27/h14-18H,2-13H2,1H3,(H2,23,24,25,26)/t15-,16?,17?,18-/m0/s1. The first-order valence-electron chi connectivity index (χ1n) is 11.9. The molecule has 3 fully saturated rings. The van der Waals surface area contributed by atoms with Gasteiger partial charge in [-0.1, -0.05) is 0 Å². The highest BCUT2D eigenvalue weighted by Gasteiger charge is 2.31. The van der Waals surface area contributed by atoms with Gasteiger partial charge in [-0.25, -0.2) is 4.98 Å². The van der Waals surface area contributed by atoms with Crippen LogP contribution in [0.15, 0.2) is 6.20 Å². The zero-order valence-electron chi connectivity index (χ0n) is 18.8. The lowest BCUT2D eigenvalue weighted by molar-refractivity contribution is -0.384. The smallest absolute Gasteiger partial charge is 0.329 e.